The Morgan fingerprint density at radius 1 is 1.00 bits per heavy atom. The van der Waals surface area contributed by atoms with Crippen LogP contribution in [0.5, 0.6) is 11.5 Å². The summed E-state index contributed by atoms with van der Waals surface area (Å²) in [5, 5.41) is 0. The average Bonchev–Trinajstić information content (AvgIpc) is 2.50. The van der Waals surface area contributed by atoms with Crippen molar-refractivity contribution in [3.05, 3.63) is 59.2 Å². The lowest BCUT2D eigenvalue weighted by Gasteiger charge is -2.23. The molecule has 0 aliphatic heterocycles. The molecule has 4 heteroatoms. The molecule has 0 unspecified atom stereocenters. The van der Waals surface area contributed by atoms with Gasteiger partial charge < -0.3 is 15.2 Å². The standard InChI is InChI=1S/C20H25NO2S/c1-14-9-10-16(20(2,3)4)18(13-14)23-12-11-22-17-8-6-5-7-15(17)19(21)24/h5-10,13H,11-12H2,1-4H3,(H2,21,24). The van der Waals surface area contributed by atoms with Gasteiger partial charge in [0.1, 0.15) is 29.7 Å². The third-order valence-electron chi connectivity index (χ3n) is 3.70. The summed E-state index contributed by atoms with van der Waals surface area (Å²) in [4.78, 5) is 0.334. The SMILES string of the molecule is Cc1ccc(C(C)(C)C)c(OCCOc2ccccc2C(N)=S)c1. The number of hydrogen-bond donors (Lipinski definition) is 1. The van der Waals surface area contributed by atoms with Crippen LogP contribution >= 0.6 is 12.2 Å². The Balaban J connectivity index is 2.01. The molecule has 24 heavy (non-hydrogen) atoms. The topological polar surface area (TPSA) is 44.5 Å². The molecule has 128 valence electrons. The maximum Gasteiger partial charge on any atom is 0.129 e. The maximum atomic E-state index is 5.98. The molecule has 0 atom stereocenters. The van der Waals surface area contributed by atoms with Gasteiger partial charge in [-0.1, -0.05) is 57.3 Å². The molecule has 0 radical (unpaired) electrons. The normalized spacial score (nSPS) is 11.2. The third kappa shape index (κ3) is 4.71. The molecule has 2 N–H and O–H groups in total. The lowest BCUT2D eigenvalue weighted by molar-refractivity contribution is 0.214. The van der Waals surface area contributed by atoms with Crippen molar-refractivity contribution in [2.24, 2.45) is 5.73 Å². The number of para-hydroxylation sites is 1. The van der Waals surface area contributed by atoms with Gasteiger partial charge in [0, 0.05) is 0 Å². The van der Waals surface area contributed by atoms with E-state index in [9.17, 15) is 0 Å². The summed E-state index contributed by atoms with van der Waals surface area (Å²) in [6.07, 6.45) is 0. The lowest BCUT2D eigenvalue weighted by atomic mass is 9.86. The van der Waals surface area contributed by atoms with Crippen LogP contribution in [-0.2, 0) is 5.41 Å². The number of thiocarbonyl (C=S) groups is 1. The Morgan fingerprint density at radius 2 is 1.62 bits per heavy atom. The first-order valence-electron chi connectivity index (χ1n) is 8.04. The van der Waals surface area contributed by atoms with Gasteiger partial charge in [-0.05, 0) is 41.7 Å². The molecule has 2 rings (SSSR count). The Morgan fingerprint density at radius 3 is 2.25 bits per heavy atom. The molecule has 0 fully saturated rings. The predicted octanol–water partition coefficient (Wildman–Crippen LogP) is 4.38. The molecule has 0 amide bonds. The van der Waals surface area contributed by atoms with E-state index in [1.807, 2.05) is 24.3 Å². The summed E-state index contributed by atoms with van der Waals surface area (Å²) < 4.78 is 11.8. The van der Waals surface area contributed by atoms with E-state index in [0.717, 1.165) is 11.3 Å². The number of ether oxygens (including phenoxy) is 2. The smallest absolute Gasteiger partial charge is 0.129 e. The molecule has 0 spiro atoms. The van der Waals surface area contributed by atoms with Crippen LogP contribution in [0.1, 0.15) is 37.5 Å². The van der Waals surface area contributed by atoms with E-state index in [4.69, 9.17) is 27.4 Å². The number of nitrogens with two attached hydrogens (primary N) is 1. The minimum absolute atomic E-state index is 0.0300. The Hall–Kier alpha value is -2.07. The van der Waals surface area contributed by atoms with Crippen molar-refractivity contribution in [2.45, 2.75) is 33.1 Å². The maximum absolute atomic E-state index is 5.98. The highest BCUT2D eigenvalue weighted by molar-refractivity contribution is 7.80. The van der Waals surface area contributed by atoms with E-state index in [1.54, 1.807) is 0 Å². The first-order valence-corrected chi connectivity index (χ1v) is 8.45. The summed E-state index contributed by atoms with van der Waals surface area (Å²) in [6.45, 7) is 9.49. The molecule has 0 saturated heterocycles. The molecular formula is C20H25NO2S. The molecule has 0 heterocycles. The highest BCUT2D eigenvalue weighted by Crippen LogP contribution is 2.32. The fourth-order valence-corrected chi connectivity index (χ4v) is 2.64. The largest absolute Gasteiger partial charge is 0.490 e. The number of benzene rings is 2. The third-order valence-corrected chi connectivity index (χ3v) is 3.92. The molecule has 0 aliphatic carbocycles. The summed E-state index contributed by atoms with van der Waals surface area (Å²) in [7, 11) is 0. The van der Waals surface area contributed by atoms with Gasteiger partial charge in [0.05, 0.1) is 5.56 Å². The quantitative estimate of drug-likeness (QED) is 0.624. The number of hydrogen-bond acceptors (Lipinski definition) is 3. The summed E-state index contributed by atoms with van der Waals surface area (Å²) in [6, 6.07) is 13.8. The van der Waals surface area contributed by atoms with E-state index in [1.165, 1.54) is 11.1 Å². The molecule has 0 aliphatic rings. The van der Waals surface area contributed by atoms with Gasteiger partial charge in [-0.2, -0.15) is 0 Å². The molecule has 0 aromatic heterocycles. The van der Waals surface area contributed by atoms with E-state index in [2.05, 4.69) is 45.9 Å². The number of rotatable bonds is 6. The van der Waals surface area contributed by atoms with Crippen LogP contribution in [0.25, 0.3) is 0 Å². The fourth-order valence-electron chi connectivity index (χ4n) is 2.47. The van der Waals surface area contributed by atoms with Crippen LogP contribution in [0.4, 0.5) is 0 Å². The molecule has 3 nitrogen and oxygen atoms in total. The lowest BCUT2D eigenvalue weighted by Crippen LogP contribution is -2.17. The molecular weight excluding hydrogens is 318 g/mol. The van der Waals surface area contributed by atoms with Crippen LogP contribution in [0.2, 0.25) is 0 Å². The highest BCUT2D eigenvalue weighted by Gasteiger charge is 2.19. The minimum Gasteiger partial charge on any atom is -0.490 e. The predicted molar refractivity (Wildman–Crippen MR) is 103 cm³/mol. The van der Waals surface area contributed by atoms with Gasteiger partial charge in [-0.25, -0.2) is 0 Å². The second kappa shape index (κ2) is 7.67. The van der Waals surface area contributed by atoms with Crippen molar-refractivity contribution in [3.8, 4) is 11.5 Å². The minimum atomic E-state index is 0.0300. The van der Waals surface area contributed by atoms with Gasteiger partial charge >= 0.3 is 0 Å². The zero-order chi connectivity index (χ0) is 17.7. The highest BCUT2D eigenvalue weighted by atomic mass is 32.1. The summed E-state index contributed by atoms with van der Waals surface area (Å²) in [5.74, 6) is 1.60. The van der Waals surface area contributed by atoms with Crippen molar-refractivity contribution in [1.29, 1.82) is 0 Å². The summed E-state index contributed by atoms with van der Waals surface area (Å²) >= 11 is 5.04. The van der Waals surface area contributed by atoms with E-state index in [0.29, 0.717) is 24.0 Å². The number of aryl methyl sites for hydroxylation is 1. The van der Waals surface area contributed by atoms with Gasteiger partial charge in [0.15, 0.2) is 0 Å². The van der Waals surface area contributed by atoms with Crippen molar-refractivity contribution in [2.75, 3.05) is 13.2 Å². The fraction of sp³-hybridized carbons (Fsp3) is 0.350. The Labute approximate surface area is 149 Å². The second-order valence-corrected chi connectivity index (χ2v) is 7.25. The molecule has 0 bridgehead atoms. The second-order valence-electron chi connectivity index (χ2n) is 6.81. The Kier molecular flexibility index (Phi) is 5.84. The van der Waals surface area contributed by atoms with E-state index in [-0.39, 0.29) is 5.41 Å². The van der Waals surface area contributed by atoms with Gasteiger partial charge in [0.25, 0.3) is 0 Å². The first kappa shape index (κ1) is 18.3. The zero-order valence-corrected chi connectivity index (χ0v) is 15.6. The van der Waals surface area contributed by atoms with Crippen LogP contribution in [0.15, 0.2) is 42.5 Å². The van der Waals surface area contributed by atoms with Crippen molar-refractivity contribution >= 4 is 17.2 Å². The van der Waals surface area contributed by atoms with Crippen molar-refractivity contribution < 1.29 is 9.47 Å². The zero-order valence-electron chi connectivity index (χ0n) is 14.8. The van der Waals surface area contributed by atoms with E-state index >= 15 is 0 Å². The monoisotopic (exact) mass is 343 g/mol. The van der Waals surface area contributed by atoms with Crippen LogP contribution in [-0.4, -0.2) is 18.2 Å². The van der Waals surface area contributed by atoms with Crippen molar-refractivity contribution in [3.63, 3.8) is 0 Å². The molecule has 0 saturated carbocycles. The van der Waals surface area contributed by atoms with Crippen molar-refractivity contribution in [1.82, 2.24) is 0 Å². The van der Waals surface area contributed by atoms with Crippen LogP contribution < -0.4 is 15.2 Å². The average molecular weight is 343 g/mol. The molecule has 2 aromatic rings. The van der Waals surface area contributed by atoms with Gasteiger partial charge in [0.2, 0.25) is 0 Å². The first-order chi connectivity index (χ1) is 11.3. The molecule has 2 aromatic carbocycles. The van der Waals surface area contributed by atoms with Crippen LogP contribution in [0.3, 0.4) is 0 Å². The van der Waals surface area contributed by atoms with E-state index < -0.39 is 0 Å². The van der Waals surface area contributed by atoms with Crippen LogP contribution in [0, 0.1) is 6.92 Å². The Bertz CT molecular complexity index is 720. The summed E-state index contributed by atoms with van der Waals surface area (Å²) in [5.41, 5.74) is 8.86. The van der Waals surface area contributed by atoms with Gasteiger partial charge in [-0.3, -0.25) is 0 Å². The van der Waals surface area contributed by atoms with Gasteiger partial charge in [-0.15, -0.1) is 0 Å².